The number of carbonyl (C=O) groups excluding carboxylic acids is 3. The molecule has 1 aliphatic carbocycles. The van der Waals surface area contributed by atoms with Gasteiger partial charge in [0.1, 0.15) is 30.1 Å². The Morgan fingerprint density at radius 2 is 2.03 bits per heavy atom. The summed E-state index contributed by atoms with van der Waals surface area (Å²) in [6.45, 7) is 1.89. The molecule has 202 valence electrons. The van der Waals surface area contributed by atoms with Gasteiger partial charge in [-0.2, -0.15) is 5.09 Å². The lowest BCUT2D eigenvalue weighted by molar-refractivity contribution is -0.154. The van der Waals surface area contributed by atoms with Gasteiger partial charge in [0.2, 0.25) is 5.91 Å². The van der Waals surface area contributed by atoms with Crippen LogP contribution in [0, 0.1) is 0 Å². The first-order valence-corrected chi connectivity index (χ1v) is 13.5. The molecule has 1 aromatic rings. The number of aliphatic hydroxyl groups is 1. The number of amides is 1. The zero-order chi connectivity index (χ0) is 26.8. The van der Waals surface area contributed by atoms with Gasteiger partial charge >= 0.3 is 13.7 Å². The number of para-hydroxylation sites is 1. The lowest BCUT2D eigenvalue weighted by atomic mass is 9.96. The summed E-state index contributed by atoms with van der Waals surface area (Å²) >= 11 is 0. The number of alkyl halides is 1. The zero-order valence-electron chi connectivity index (χ0n) is 20.4. The second-order valence-corrected chi connectivity index (χ2v) is 11.1. The average molecular weight is 540 g/mol. The third kappa shape index (κ3) is 6.27. The van der Waals surface area contributed by atoms with E-state index in [1.54, 1.807) is 18.2 Å². The first-order valence-electron chi connectivity index (χ1n) is 12.0. The van der Waals surface area contributed by atoms with Crippen LogP contribution in [0.3, 0.4) is 0 Å². The van der Waals surface area contributed by atoms with Crippen LogP contribution in [0.2, 0.25) is 0 Å². The van der Waals surface area contributed by atoms with E-state index in [0.717, 1.165) is 43.4 Å². The minimum absolute atomic E-state index is 0.174. The van der Waals surface area contributed by atoms with Crippen molar-refractivity contribution in [1.82, 2.24) is 9.99 Å². The lowest BCUT2D eigenvalue weighted by Gasteiger charge is -2.32. The molecule has 0 spiro atoms. The number of nitrogens with zero attached hydrogens (tertiary/aromatic N) is 1. The number of aliphatic hydroxyl groups excluding tert-OH is 1. The fourth-order valence-corrected chi connectivity index (χ4v) is 5.53. The Hall–Kier alpha value is -2.63. The van der Waals surface area contributed by atoms with Gasteiger partial charge in [0.25, 0.3) is 0 Å². The molecule has 1 amide bonds. The highest BCUT2D eigenvalue weighted by atomic mass is 31.2. The zero-order valence-corrected chi connectivity index (χ0v) is 21.3. The molecule has 2 aliphatic heterocycles. The monoisotopic (exact) mass is 540 g/mol. The van der Waals surface area contributed by atoms with E-state index >= 15 is 4.39 Å². The summed E-state index contributed by atoms with van der Waals surface area (Å²) in [5.74, 6) is -1.58. The number of esters is 1. The van der Waals surface area contributed by atoms with Gasteiger partial charge in [-0.3, -0.25) is 23.8 Å². The third-order valence-corrected chi connectivity index (χ3v) is 8.07. The molecule has 1 saturated carbocycles. The molecule has 2 fully saturated rings. The molecule has 3 aliphatic rings. The van der Waals surface area contributed by atoms with E-state index in [2.05, 4.69) is 5.09 Å². The van der Waals surface area contributed by atoms with Crippen LogP contribution in [0.4, 0.5) is 4.39 Å². The predicted octanol–water partition coefficient (Wildman–Crippen LogP) is 2.39. The Bertz CT molecular complexity index is 1090. The van der Waals surface area contributed by atoms with Gasteiger partial charge in [-0.05, 0) is 51.3 Å². The maximum absolute atomic E-state index is 15.5. The maximum atomic E-state index is 15.5. The van der Waals surface area contributed by atoms with Gasteiger partial charge in [0.05, 0.1) is 13.0 Å². The van der Waals surface area contributed by atoms with Crippen molar-refractivity contribution in [3.63, 3.8) is 0 Å². The average Bonchev–Trinajstić information content (AvgIpc) is 3.04. The molecule has 2 N–H and O–H groups in total. The number of allylic oxidation sites excluding steroid dienone is 1. The second kappa shape index (κ2) is 11.0. The number of hydrogen-bond acceptors (Lipinski definition) is 9. The maximum Gasteiger partial charge on any atom is 0.459 e. The largest absolute Gasteiger partial charge is 0.461 e. The Balaban J connectivity index is 1.46. The van der Waals surface area contributed by atoms with Crippen molar-refractivity contribution in [2.45, 2.75) is 75.8 Å². The van der Waals surface area contributed by atoms with E-state index < -0.39 is 68.6 Å². The van der Waals surface area contributed by atoms with Gasteiger partial charge in [0, 0.05) is 6.20 Å². The first-order chi connectivity index (χ1) is 17.5. The van der Waals surface area contributed by atoms with E-state index in [0.29, 0.717) is 0 Å². The number of ketones is 1. The van der Waals surface area contributed by atoms with E-state index in [9.17, 15) is 24.1 Å². The number of hydrogen-bond donors (Lipinski definition) is 2. The smallest absolute Gasteiger partial charge is 0.459 e. The number of ether oxygens (including phenoxy) is 2. The van der Waals surface area contributed by atoms with Gasteiger partial charge in [0.15, 0.2) is 17.7 Å². The van der Waals surface area contributed by atoms with E-state index in [1.165, 1.54) is 19.1 Å². The summed E-state index contributed by atoms with van der Waals surface area (Å²) in [6.07, 6.45) is -0.615. The Morgan fingerprint density at radius 3 is 2.65 bits per heavy atom. The molecule has 0 radical (unpaired) electrons. The van der Waals surface area contributed by atoms with Crippen molar-refractivity contribution in [3.05, 3.63) is 42.6 Å². The highest BCUT2D eigenvalue weighted by Crippen LogP contribution is 2.47. The Labute approximate surface area is 213 Å². The molecule has 0 aromatic heterocycles. The van der Waals surface area contributed by atoms with Gasteiger partial charge in [-0.1, -0.05) is 18.2 Å². The molecule has 0 bridgehead atoms. The predicted molar refractivity (Wildman–Crippen MR) is 127 cm³/mol. The number of benzene rings is 1. The normalized spacial score (nSPS) is 30.5. The lowest BCUT2D eigenvalue weighted by Crippen LogP contribution is -2.51. The van der Waals surface area contributed by atoms with Crippen LogP contribution < -0.4 is 9.61 Å². The topological polar surface area (TPSA) is 141 Å². The molecule has 13 heteroatoms. The summed E-state index contributed by atoms with van der Waals surface area (Å²) in [4.78, 5) is 37.1. The van der Waals surface area contributed by atoms with Crippen molar-refractivity contribution in [2.24, 2.45) is 0 Å². The van der Waals surface area contributed by atoms with Gasteiger partial charge < -0.3 is 19.1 Å². The number of nitrogens with one attached hydrogen (secondary N) is 1. The van der Waals surface area contributed by atoms with Crippen LogP contribution in [0.5, 0.6) is 5.75 Å². The van der Waals surface area contributed by atoms with Crippen molar-refractivity contribution in [3.8, 4) is 5.75 Å². The van der Waals surface area contributed by atoms with Crippen molar-refractivity contribution in [1.29, 1.82) is 0 Å². The van der Waals surface area contributed by atoms with Gasteiger partial charge in [-0.25, -0.2) is 8.96 Å². The van der Waals surface area contributed by atoms with Gasteiger partial charge in [-0.15, -0.1) is 0 Å². The second-order valence-electron chi connectivity index (χ2n) is 9.42. The summed E-state index contributed by atoms with van der Waals surface area (Å²) in [5.41, 5.74) is -2.44. The van der Waals surface area contributed by atoms with Crippen molar-refractivity contribution in [2.75, 3.05) is 6.61 Å². The first kappa shape index (κ1) is 27.4. The van der Waals surface area contributed by atoms with Crippen molar-refractivity contribution < 1.29 is 47.0 Å². The van der Waals surface area contributed by atoms with Crippen LogP contribution in [0.15, 0.2) is 42.6 Å². The minimum Gasteiger partial charge on any atom is -0.461 e. The molecule has 1 saturated heterocycles. The summed E-state index contributed by atoms with van der Waals surface area (Å²) < 4.78 is 51.2. The van der Waals surface area contributed by atoms with Crippen LogP contribution in [0.1, 0.15) is 39.5 Å². The molecular weight excluding hydrogens is 510 g/mol. The van der Waals surface area contributed by atoms with Crippen LogP contribution >= 0.6 is 7.75 Å². The van der Waals surface area contributed by atoms with Crippen LogP contribution in [-0.2, 0) is 32.9 Å². The van der Waals surface area contributed by atoms with E-state index in [-0.39, 0.29) is 11.9 Å². The van der Waals surface area contributed by atoms with Crippen LogP contribution in [0.25, 0.3) is 0 Å². The molecule has 4 rings (SSSR count). The van der Waals surface area contributed by atoms with E-state index in [1.807, 2.05) is 0 Å². The highest BCUT2D eigenvalue weighted by Gasteiger charge is 2.57. The summed E-state index contributed by atoms with van der Waals surface area (Å²) in [6, 6.07) is 6.99. The molecular formula is C24H30FN2O9P. The van der Waals surface area contributed by atoms with Crippen LogP contribution in [-0.4, -0.2) is 70.5 Å². The summed E-state index contributed by atoms with van der Waals surface area (Å²) in [7, 11) is -4.28. The Morgan fingerprint density at radius 1 is 1.32 bits per heavy atom. The fraction of sp³-hybridized carbons (Fsp3) is 0.542. The highest BCUT2D eigenvalue weighted by molar-refractivity contribution is 7.52. The summed E-state index contributed by atoms with van der Waals surface area (Å²) in [5, 5.41) is 13.1. The number of carbonyl (C=O) groups is 3. The molecule has 37 heavy (non-hydrogen) atoms. The molecule has 1 aromatic carbocycles. The van der Waals surface area contributed by atoms with Crippen molar-refractivity contribution >= 4 is 25.4 Å². The number of halogens is 1. The number of rotatable bonds is 10. The molecule has 11 nitrogen and oxygen atoms in total. The Kier molecular flexibility index (Phi) is 8.15. The fourth-order valence-electron chi connectivity index (χ4n) is 4.03. The minimum atomic E-state index is -4.28. The third-order valence-electron chi connectivity index (χ3n) is 6.42. The standard InChI is InChI=1S/C24H30FN2O9P/c1-15(22(31)34-17-9-6-10-17)26-37(32,36-18-7-4-3-5-8-18)33-14-19-21(30)24(2,25)23(35-19)27-12-11-16(28)13-20(27)29/h3-5,7-8,11-12,15,17,19,21,23,30H,6,9-10,13-14H2,1-2H3,(H,26,32)/t15-,19+,21+,23+,24+,37+/m0/s1. The molecule has 0 unspecified atom stereocenters. The SMILES string of the molecule is C[C@H](N[P@@](=O)(OC[C@H]1O[C@@H](N2C=CC(=O)CC2=O)[C@](C)(F)[C@@H]1O)Oc1ccccc1)C(=O)OC1CCC1. The molecule has 2 heterocycles. The quantitative estimate of drug-likeness (QED) is 0.258. The molecule has 6 atom stereocenters. The van der Waals surface area contributed by atoms with E-state index in [4.69, 9.17) is 18.5 Å².